The summed E-state index contributed by atoms with van der Waals surface area (Å²) in [4.78, 5) is 32.4. The van der Waals surface area contributed by atoms with Crippen molar-refractivity contribution >= 4 is 39.9 Å². The average Bonchev–Trinajstić information content (AvgIpc) is 2.79. The zero-order valence-corrected chi connectivity index (χ0v) is 17.4. The summed E-state index contributed by atoms with van der Waals surface area (Å²) in [6.45, 7) is 2.40. The second kappa shape index (κ2) is 8.97. The van der Waals surface area contributed by atoms with Gasteiger partial charge in [-0.15, -0.1) is 0 Å². The Hall–Kier alpha value is -3.38. The molecule has 0 spiro atoms. The number of hydrogen-bond acceptors (Lipinski definition) is 4. The van der Waals surface area contributed by atoms with Gasteiger partial charge < -0.3 is 0 Å². The third-order valence-electron chi connectivity index (χ3n) is 4.75. The quantitative estimate of drug-likeness (QED) is 0.333. The molecule has 30 heavy (non-hydrogen) atoms. The molecule has 5 nitrogen and oxygen atoms in total. The third kappa shape index (κ3) is 4.00. The van der Waals surface area contributed by atoms with Gasteiger partial charge in [-0.3, -0.25) is 19.1 Å². The highest BCUT2D eigenvalue weighted by Crippen LogP contribution is 2.27. The SMILES string of the molecule is CCn1c(SCC(=O)N(c2ccccc2)c2ccccc2)nc2ccccc2c1=O. The number of rotatable bonds is 6. The summed E-state index contributed by atoms with van der Waals surface area (Å²) in [5, 5.41) is 1.14. The first-order valence-corrected chi connectivity index (χ1v) is 10.7. The van der Waals surface area contributed by atoms with Crippen LogP contribution in [-0.2, 0) is 11.3 Å². The number of benzene rings is 3. The zero-order chi connectivity index (χ0) is 20.9. The first kappa shape index (κ1) is 19.9. The van der Waals surface area contributed by atoms with E-state index in [1.54, 1.807) is 15.5 Å². The Morgan fingerprint density at radius 1 is 0.900 bits per heavy atom. The van der Waals surface area contributed by atoms with E-state index >= 15 is 0 Å². The van der Waals surface area contributed by atoms with Crippen LogP contribution in [0.1, 0.15) is 6.92 Å². The molecule has 0 radical (unpaired) electrons. The van der Waals surface area contributed by atoms with Gasteiger partial charge in [-0.25, -0.2) is 4.98 Å². The summed E-state index contributed by atoms with van der Waals surface area (Å²) >= 11 is 1.29. The van der Waals surface area contributed by atoms with E-state index in [1.807, 2.05) is 85.8 Å². The molecule has 0 aliphatic rings. The van der Waals surface area contributed by atoms with E-state index in [4.69, 9.17) is 0 Å². The summed E-state index contributed by atoms with van der Waals surface area (Å²) in [5.41, 5.74) is 2.16. The smallest absolute Gasteiger partial charge is 0.262 e. The first-order chi connectivity index (χ1) is 14.7. The molecular weight excluding hydrogens is 394 g/mol. The van der Waals surface area contributed by atoms with E-state index in [0.29, 0.717) is 22.6 Å². The Balaban J connectivity index is 1.65. The lowest BCUT2D eigenvalue weighted by atomic mass is 10.2. The molecule has 3 aromatic carbocycles. The van der Waals surface area contributed by atoms with Gasteiger partial charge >= 0.3 is 0 Å². The van der Waals surface area contributed by atoms with Crippen LogP contribution in [0.3, 0.4) is 0 Å². The Morgan fingerprint density at radius 3 is 2.07 bits per heavy atom. The molecule has 0 saturated heterocycles. The van der Waals surface area contributed by atoms with Crippen LogP contribution < -0.4 is 10.5 Å². The van der Waals surface area contributed by atoms with Crippen molar-refractivity contribution in [2.45, 2.75) is 18.6 Å². The maximum atomic E-state index is 13.3. The van der Waals surface area contributed by atoms with Gasteiger partial charge in [0.05, 0.1) is 16.7 Å². The molecule has 1 amide bonds. The molecule has 0 aliphatic carbocycles. The van der Waals surface area contributed by atoms with Crippen molar-refractivity contribution in [3.63, 3.8) is 0 Å². The molecule has 0 saturated carbocycles. The van der Waals surface area contributed by atoms with Crippen LogP contribution in [0.5, 0.6) is 0 Å². The predicted octanol–water partition coefficient (Wildman–Crippen LogP) is 4.87. The standard InChI is InChI=1S/C24H21N3O2S/c1-2-26-23(29)20-15-9-10-16-21(20)25-24(26)30-17-22(28)27(18-11-5-3-6-12-18)19-13-7-4-8-14-19/h3-16H,2,17H2,1H3. The number of para-hydroxylation sites is 3. The Kier molecular flexibility index (Phi) is 5.95. The second-order valence-electron chi connectivity index (χ2n) is 6.65. The van der Waals surface area contributed by atoms with Gasteiger partial charge in [-0.2, -0.15) is 0 Å². The minimum Gasteiger partial charge on any atom is -0.287 e. The van der Waals surface area contributed by atoms with Crippen molar-refractivity contribution in [2.75, 3.05) is 10.7 Å². The maximum absolute atomic E-state index is 13.3. The molecule has 0 atom stereocenters. The van der Waals surface area contributed by atoms with Crippen LogP contribution in [0.25, 0.3) is 10.9 Å². The predicted molar refractivity (Wildman–Crippen MR) is 122 cm³/mol. The van der Waals surface area contributed by atoms with Crippen molar-refractivity contribution in [1.82, 2.24) is 9.55 Å². The van der Waals surface area contributed by atoms with Crippen LogP contribution in [-0.4, -0.2) is 21.2 Å². The third-order valence-corrected chi connectivity index (χ3v) is 5.71. The number of carbonyl (C=O) groups is 1. The van der Waals surface area contributed by atoms with Gasteiger partial charge in [0.25, 0.3) is 5.56 Å². The Bertz CT molecular complexity index is 1180. The summed E-state index contributed by atoms with van der Waals surface area (Å²) < 4.78 is 1.62. The van der Waals surface area contributed by atoms with E-state index in [1.165, 1.54) is 11.8 Å². The van der Waals surface area contributed by atoms with Crippen molar-refractivity contribution < 1.29 is 4.79 Å². The highest BCUT2D eigenvalue weighted by molar-refractivity contribution is 7.99. The highest BCUT2D eigenvalue weighted by Gasteiger charge is 2.19. The molecule has 0 unspecified atom stereocenters. The maximum Gasteiger partial charge on any atom is 0.262 e. The largest absolute Gasteiger partial charge is 0.287 e. The average molecular weight is 416 g/mol. The summed E-state index contributed by atoms with van der Waals surface area (Å²) in [6.07, 6.45) is 0. The second-order valence-corrected chi connectivity index (χ2v) is 7.59. The number of aromatic nitrogens is 2. The fourth-order valence-electron chi connectivity index (χ4n) is 3.32. The first-order valence-electron chi connectivity index (χ1n) is 9.74. The van der Waals surface area contributed by atoms with Crippen LogP contribution in [0, 0.1) is 0 Å². The molecule has 1 heterocycles. The molecule has 4 rings (SSSR count). The van der Waals surface area contributed by atoms with E-state index in [9.17, 15) is 9.59 Å². The number of thioether (sulfide) groups is 1. The van der Waals surface area contributed by atoms with Crippen molar-refractivity contribution in [2.24, 2.45) is 0 Å². The molecule has 0 bridgehead atoms. The van der Waals surface area contributed by atoms with E-state index < -0.39 is 0 Å². The van der Waals surface area contributed by atoms with Crippen molar-refractivity contribution in [3.8, 4) is 0 Å². The number of carbonyl (C=O) groups excluding carboxylic acids is 1. The fraction of sp³-hybridized carbons (Fsp3) is 0.125. The highest BCUT2D eigenvalue weighted by atomic mass is 32.2. The van der Waals surface area contributed by atoms with E-state index in [-0.39, 0.29) is 17.2 Å². The number of hydrogen-bond donors (Lipinski definition) is 0. The van der Waals surface area contributed by atoms with Crippen LogP contribution in [0.2, 0.25) is 0 Å². The van der Waals surface area contributed by atoms with Crippen molar-refractivity contribution in [3.05, 3.63) is 95.3 Å². The number of amides is 1. The number of fused-ring (bicyclic) bond motifs is 1. The number of anilines is 2. The van der Waals surface area contributed by atoms with Gasteiger partial charge in [-0.05, 0) is 43.3 Å². The zero-order valence-electron chi connectivity index (χ0n) is 16.6. The molecular formula is C24H21N3O2S. The van der Waals surface area contributed by atoms with Gasteiger partial charge in [0.15, 0.2) is 5.16 Å². The van der Waals surface area contributed by atoms with Crippen LogP contribution in [0.15, 0.2) is 94.9 Å². The lowest BCUT2D eigenvalue weighted by Gasteiger charge is -2.23. The van der Waals surface area contributed by atoms with Gasteiger partial charge in [0.2, 0.25) is 5.91 Å². The summed E-state index contributed by atoms with van der Waals surface area (Å²) in [7, 11) is 0. The Morgan fingerprint density at radius 2 is 1.47 bits per heavy atom. The molecule has 0 N–H and O–H groups in total. The lowest BCUT2D eigenvalue weighted by molar-refractivity contribution is -0.115. The monoisotopic (exact) mass is 415 g/mol. The molecule has 6 heteroatoms. The minimum absolute atomic E-state index is 0.0811. The lowest BCUT2D eigenvalue weighted by Crippen LogP contribution is -2.28. The molecule has 150 valence electrons. The van der Waals surface area contributed by atoms with Crippen molar-refractivity contribution in [1.29, 1.82) is 0 Å². The van der Waals surface area contributed by atoms with Gasteiger partial charge in [-0.1, -0.05) is 60.3 Å². The van der Waals surface area contributed by atoms with E-state index in [2.05, 4.69) is 4.98 Å². The summed E-state index contributed by atoms with van der Waals surface area (Å²) in [6, 6.07) is 26.4. The summed E-state index contributed by atoms with van der Waals surface area (Å²) in [5.74, 6) is 0.0802. The fourth-order valence-corrected chi connectivity index (χ4v) is 4.23. The molecule has 4 aromatic rings. The topological polar surface area (TPSA) is 55.2 Å². The molecule has 1 aromatic heterocycles. The van der Waals surface area contributed by atoms with E-state index in [0.717, 1.165) is 11.4 Å². The van der Waals surface area contributed by atoms with Gasteiger partial charge in [0.1, 0.15) is 0 Å². The molecule has 0 aliphatic heterocycles. The van der Waals surface area contributed by atoms with Crippen LogP contribution in [0.4, 0.5) is 11.4 Å². The number of nitrogens with zero attached hydrogens (tertiary/aromatic N) is 3. The Labute approximate surface area is 179 Å². The van der Waals surface area contributed by atoms with Gasteiger partial charge in [0, 0.05) is 17.9 Å². The minimum atomic E-state index is -0.0824. The van der Waals surface area contributed by atoms with Crippen LogP contribution >= 0.6 is 11.8 Å². The molecule has 0 fully saturated rings. The normalized spacial score (nSPS) is 10.8.